The maximum Gasteiger partial charge on any atom is 0.247 e. The molecule has 1 N–H and O–H groups in total. The van der Waals surface area contributed by atoms with Crippen LogP contribution in [-0.4, -0.2) is 51.2 Å². The third-order valence-electron chi connectivity index (χ3n) is 4.28. The van der Waals surface area contributed by atoms with Crippen LogP contribution in [0.2, 0.25) is 0 Å². The van der Waals surface area contributed by atoms with Gasteiger partial charge in [0, 0.05) is 19.1 Å². The van der Waals surface area contributed by atoms with Crippen LogP contribution in [0, 0.1) is 5.92 Å². The summed E-state index contributed by atoms with van der Waals surface area (Å²) in [6, 6.07) is 0.193. The van der Waals surface area contributed by atoms with Crippen molar-refractivity contribution in [3.05, 3.63) is 12.7 Å². The molecule has 1 saturated heterocycles. The van der Waals surface area contributed by atoms with Crippen molar-refractivity contribution in [1.29, 1.82) is 0 Å². The van der Waals surface area contributed by atoms with Crippen molar-refractivity contribution in [3.8, 4) is 0 Å². The van der Waals surface area contributed by atoms with Crippen LogP contribution < -0.4 is 5.32 Å². The molecule has 2 aliphatic rings. The van der Waals surface area contributed by atoms with Gasteiger partial charge in [0.05, 0.1) is 0 Å². The summed E-state index contributed by atoms with van der Waals surface area (Å²) in [5.41, 5.74) is 0. The van der Waals surface area contributed by atoms with E-state index in [0.29, 0.717) is 12.0 Å². The van der Waals surface area contributed by atoms with Crippen LogP contribution in [0.1, 0.15) is 38.6 Å². The van der Waals surface area contributed by atoms with E-state index >= 15 is 0 Å². The fourth-order valence-electron chi connectivity index (χ4n) is 2.84. The van der Waals surface area contributed by atoms with Gasteiger partial charge in [-0.25, -0.2) is 9.67 Å². The van der Waals surface area contributed by atoms with E-state index in [-0.39, 0.29) is 11.9 Å². The van der Waals surface area contributed by atoms with Gasteiger partial charge in [0.15, 0.2) is 0 Å². The van der Waals surface area contributed by atoms with Crippen molar-refractivity contribution in [2.45, 2.75) is 44.7 Å². The van der Waals surface area contributed by atoms with Crippen molar-refractivity contribution < 1.29 is 4.79 Å². The van der Waals surface area contributed by atoms with E-state index in [4.69, 9.17) is 0 Å². The van der Waals surface area contributed by atoms with Gasteiger partial charge in [-0.05, 0) is 45.1 Å². The van der Waals surface area contributed by atoms with Gasteiger partial charge in [0.25, 0.3) is 0 Å². The van der Waals surface area contributed by atoms with E-state index < -0.39 is 0 Å². The lowest BCUT2D eigenvalue weighted by Gasteiger charge is -2.28. The maximum atomic E-state index is 12.7. The molecule has 1 amide bonds. The summed E-state index contributed by atoms with van der Waals surface area (Å²) in [7, 11) is 0. The first-order valence-electron chi connectivity index (χ1n) is 7.60. The molecule has 110 valence electrons. The Morgan fingerprint density at radius 1 is 1.45 bits per heavy atom. The topological polar surface area (TPSA) is 63.1 Å². The number of hydrogen-bond donors (Lipinski definition) is 1. The highest BCUT2D eigenvalue weighted by Crippen LogP contribution is 2.30. The fourth-order valence-corrected chi connectivity index (χ4v) is 2.84. The summed E-state index contributed by atoms with van der Waals surface area (Å²) in [6.07, 6.45) is 8.01. The molecule has 0 radical (unpaired) electrons. The molecule has 2 atom stereocenters. The van der Waals surface area contributed by atoms with Gasteiger partial charge in [-0.3, -0.25) is 4.79 Å². The van der Waals surface area contributed by atoms with Gasteiger partial charge in [-0.15, -0.1) is 0 Å². The molecular weight excluding hydrogens is 254 g/mol. The minimum atomic E-state index is -0.266. The third-order valence-corrected chi connectivity index (χ3v) is 4.28. The Kier molecular flexibility index (Phi) is 4.00. The van der Waals surface area contributed by atoms with Crippen LogP contribution in [0.25, 0.3) is 0 Å². The molecule has 0 aromatic carbocycles. The first-order valence-corrected chi connectivity index (χ1v) is 7.60. The zero-order valence-electron chi connectivity index (χ0n) is 12.0. The molecule has 1 aliphatic carbocycles. The number of aromatic nitrogens is 3. The summed E-state index contributed by atoms with van der Waals surface area (Å²) >= 11 is 0. The van der Waals surface area contributed by atoms with E-state index in [1.54, 1.807) is 11.0 Å². The first-order chi connectivity index (χ1) is 9.74. The molecule has 6 heteroatoms. The lowest BCUT2D eigenvalue weighted by atomic mass is 10.2. The van der Waals surface area contributed by atoms with Crippen molar-refractivity contribution in [2.24, 2.45) is 5.92 Å². The van der Waals surface area contributed by atoms with Gasteiger partial charge in [-0.2, -0.15) is 5.10 Å². The second-order valence-corrected chi connectivity index (χ2v) is 6.03. The van der Waals surface area contributed by atoms with Crippen LogP contribution >= 0.6 is 0 Å². The Balaban J connectivity index is 1.65. The van der Waals surface area contributed by atoms with Crippen LogP contribution in [0.3, 0.4) is 0 Å². The van der Waals surface area contributed by atoms with Gasteiger partial charge in [0.2, 0.25) is 5.91 Å². The molecule has 2 unspecified atom stereocenters. The second kappa shape index (κ2) is 5.91. The molecule has 2 fully saturated rings. The van der Waals surface area contributed by atoms with E-state index in [1.807, 2.05) is 11.8 Å². The lowest BCUT2D eigenvalue weighted by Crippen LogP contribution is -2.44. The number of rotatable bonds is 6. The molecule has 6 nitrogen and oxygen atoms in total. The van der Waals surface area contributed by atoms with Gasteiger partial charge in [0.1, 0.15) is 18.7 Å². The summed E-state index contributed by atoms with van der Waals surface area (Å²) < 4.78 is 1.64. The predicted octanol–water partition coefficient (Wildman–Crippen LogP) is 0.830. The lowest BCUT2D eigenvalue weighted by molar-refractivity contribution is -0.135. The van der Waals surface area contributed by atoms with Crippen LogP contribution in [0.4, 0.5) is 0 Å². The quantitative estimate of drug-likeness (QED) is 0.836. The highest BCUT2D eigenvalue weighted by molar-refractivity contribution is 5.80. The Morgan fingerprint density at radius 2 is 2.30 bits per heavy atom. The van der Waals surface area contributed by atoms with Gasteiger partial charge >= 0.3 is 0 Å². The van der Waals surface area contributed by atoms with Crippen LogP contribution in [-0.2, 0) is 4.79 Å². The predicted molar refractivity (Wildman–Crippen MR) is 75.1 cm³/mol. The van der Waals surface area contributed by atoms with E-state index in [0.717, 1.165) is 19.6 Å². The molecule has 1 aromatic rings. The molecule has 1 aliphatic heterocycles. The standard InChI is InChI=1S/C14H23N5O/c1-11(19-10-15-9-17-19)14(20)18(7-12-4-5-12)8-13-3-2-6-16-13/h9-13,16H,2-8H2,1H3. The number of carbonyl (C=O) groups is 1. The highest BCUT2D eigenvalue weighted by Gasteiger charge is 2.31. The number of carbonyl (C=O) groups excluding carboxylic acids is 1. The Bertz CT molecular complexity index is 436. The Hall–Kier alpha value is -1.43. The fraction of sp³-hybridized carbons (Fsp3) is 0.786. The second-order valence-electron chi connectivity index (χ2n) is 6.03. The largest absolute Gasteiger partial charge is 0.339 e. The van der Waals surface area contributed by atoms with E-state index in [9.17, 15) is 4.79 Å². The highest BCUT2D eigenvalue weighted by atomic mass is 16.2. The van der Waals surface area contributed by atoms with Crippen molar-refractivity contribution in [3.63, 3.8) is 0 Å². The first kappa shape index (κ1) is 13.5. The van der Waals surface area contributed by atoms with Crippen LogP contribution in [0.15, 0.2) is 12.7 Å². The molecule has 3 rings (SSSR count). The zero-order chi connectivity index (χ0) is 13.9. The van der Waals surface area contributed by atoms with E-state index in [1.165, 1.54) is 32.0 Å². The number of hydrogen-bond acceptors (Lipinski definition) is 4. The number of nitrogens with one attached hydrogen (secondary N) is 1. The molecule has 1 aromatic heterocycles. The van der Waals surface area contributed by atoms with Crippen molar-refractivity contribution in [1.82, 2.24) is 25.0 Å². The summed E-state index contributed by atoms with van der Waals surface area (Å²) in [6.45, 7) is 4.71. The minimum absolute atomic E-state index is 0.163. The summed E-state index contributed by atoms with van der Waals surface area (Å²) in [4.78, 5) is 18.7. The molecule has 2 heterocycles. The van der Waals surface area contributed by atoms with Gasteiger partial charge < -0.3 is 10.2 Å². The van der Waals surface area contributed by atoms with E-state index in [2.05, 4.69) is 15.4 Å². The third kappa shape index (κ3) is 3.17. The minimum Gasteiger partial charge on any atom is -0.339 e. The average molecular weight is 277 g/mol. The molecule has 1 saturated carbocycles. The average Bonchev–Trinajstić information content (AvgIpc) is 2.95. The van der Waals surface area contributed by atoms with Crippen LogP contribution in [0.5, 0.6) is 0 Å². The normalized spacial score (nSPS) is 23.8. The smallest absolute Gasteiger partial charge is 0.247 e. The molecular formula is C14H23N5O. The molecule has 20 heavy (non-hydrogen) atoms. The van der Waals surface area contributed by atoms with Crippen molar-refractivity contribution in [2.75, 3.05) is 19.6 Å². The van der Waals surface area contributed by atoms with Gasteiger partial charge in [-0.1, -0.05) is 0 Å². The van der Waals surface area contributed by atoms with Crippen molar-refractivity contribution >= 4 is 5.91 Å². The summed E-state index contributed by atoms with van der Waals surface area (Å²) in [5.74, 6) is 0.874. The number of nitrogens with zero attached hydrogens (tertiary/aromatic N) is 4. The number of amides is 1. The SMILES string of the molecule is CC(C(=O)N(CC1CC1)CC1CCCN1)n1cncn1. The monoisotopic (exact) mass is 277 g/mol. The summed E-state index contributed by atoms with van der Waals surface area (Å²) in [5, 5.41) is 7.57. The molecule has 0 spiro atoms. The maximum absolute atomic E-state index is 12.7. The Labute approximate surface area is 119 Å². The Morgan fingerprint density at radius 3 is 2.90 bits per heavy atom. The zero-order valence-corrected chi connectivity index (χ0v) is 12.0. The molecule has 0 bridgehead atoms.